The standard InChI is InChI=1S/C20H24N4S/c1-3-24(4-2)15-11-9-14(10-12-15)23-19-18-16-7-5-6-8-17(16)25-20(18)22-13-21-19/h9-13H,3-8H2,1-2H3,(H,21,22,23). The highest BCUT2D eigenvalue weighted by molar-refractivity contribution is 7.19. The molecule has 1 aromatic carbocycles. The molecule has 4 rings (SSSR count). The molecule has 1 aliphatic carbocycles. The maximum Gasteiger partial charge on any atom is 0.142 e. The second kappa shape index (κ2) is 7.00. The molecule has 5 heteroatoms. The summed E-state index contributed by atoms with van der Waals surface area (Å²) in [6, 6.07) is 8.63. The van der Waals surface area contributed by atoms with Crippen molar-refractivity contribution in [2.45, 2.75) is 39.5 Å². The van der Waals surface area contributed by atoms with Gasteiger partial charge in [-0.15, -0.1) is 11.3 Å². The van der Waals surface area contributed by atoms with Crippen molar-refractivity contribution in [2.75, 3.05) is 23.3 Å². The Morgan fingerprint density at radius 1 is 1.04 bits per heavy atom. The van der Waals surface area contributed by atoms with Crippen LogP contribution in [-0.2, 0) is 12.8 Å². The Bertz CT molecular complexity index is 865. The van der Waals surface area contributed by atoms with Crippen LogP contribution in [-0.4, -0.2) is 23.1 Å². The van der Waals surface area contributed by atoms with Gasteiger partial charge in [-0.05, 0) is 69.4 Å². The van der Waals surface area contributed by atoms with E-state index in [1.165, 1.54) is 40.8 Å². The second-order valence-corrected chi connectivity index (χ2v) is 7.54. The average molecular weight is 353 g/mol. The quantitative estimate of drug-likeness (QED) is 0.688. The molecule has 2 aromatic heterocycles. The average Bonchev–Trinajstić information content (AvgIpc) is 3.04. The Hall–Kier alpha value is -2.14. The molecule has 0 atom stereocenters. The third kappa shape index (κ3) is 3.09. The summed E-state index contributed by atoms with van der Waals surface area (Å²) in [6.45, 7) is 6.42. The largest absolute Gasteiger partial charge is 0.372 e. The van der Waals surface area contributed by atoms with Gasteiger partial charge in [0.1, 0.15) is 17.0 Å². The van der Waals surface area contributed by atoms with Gasteiger partial charge in [0.2, 0.25) is 0 Å². The number of aryl methyl sites for hydroxylation is 2. The second-order valence-electron chi connectivity index (χ2n) is 6.46. The van der Waals surface area contributed by atoms with Gasteiger partial charge in [0.15, 0.2) is 0 Å². The van der Waals surface area contributed by atoms with E-state index in [-0.39, 0.29) is 0 Å². The van der Waals surface area contributed by atoms with Gasteiger partial charge in [0.05, 0.1) is 5.39 Å². The Balaban J connectivity index is 1.66. The molecular formula is C20H24N4S. The van der Waals surface area contributed by atoms with E-state index in [2.05, 4.69) is 58.3 Å². The topological polar surface area (TPSA) is 41.0 Å². The predicted molar refractivity (Wildman–Crippen MR) is 107 cm³/mol. The third-order valence-electron chi connectivity index (χ3n) is 5.01. The molecule has 0 unspecified atom stereocenters. The lowest BCUT2D eigenvalue weighted by Crippen LogP contribution is -2.21. The highest BCUT2D eigenvalue weighted by Gasteiger charge is 2.19. The number of rotatable bonds is 5. The smallest absolute Gasteiger partial charge is 0.142 e. The van der Waals surface area contributed by atoms with Gasteiger partial charge in [-0.1, -0.05) is 0 Å². The van der Waals surface area contributed by atoms with Crippen molar-refractivity contribution >= 4 is 38.7 Å². The SMILES string of the molecule is CCN(CC)c1ccc(Nc2ncnc3sc4c(c23)CCCC4)cc1. The highest BCUT2D eigenvalue weighted by Crippen LogP contribution is 2.38. The molecule has 4 nitrogen and oxygen atoms in total. The molecule has 25 heavy (non-hydrogen) atoms. The summed E-state index contributed by atoms with van der Waals surface area (Å²) in [4.78, 5) is 14.0. The Kier molecular flexibility index (Phi) is 4.57. The number of nitrogens with one attached hydrogen (secondary N) is 1. The van der Waals surface area contributed by atoms with Crippen LogP contribution in [0.3, 0.4) is 0 Å². The maximum absolute atomic E-state index is 4.55. The fraction of sp³-hybridized carbons (Fsp3) is 0.400. The van der Waals surface area contributed by atoms with Crippen LogP contribution >= 0.6 is 11.3 Å². The number of anilines is 3. The van der Waals surface area contributed by atoms with E-state index in [0.717, 1.165) is 35.8 Å². The number of thiophene rings is 1. The molecule has 0 spiro atoms. The van der Waals surface area contributed by atoms with Gasteiger partial charge in [-0.2, -0.15) is 0 Å². The van der Waals surface area contributed by atoms with Crippen LogP contribution in [0.2, 0.25) is 0 Å². The van der Waals surface area contributed by atoms with Crippen molar-refractivity contribution in [1.82, 2.24) is 9.97 Å². The number of hydrogen-bond acceptors (Lipinski definition) is 5. The minimum atomic E-state index is 0.944. The van der Waals surface area contributed by atoms with Gasteiger partial charge < -0.3 is 10.2 Å². The zero-order valence-electron chi connectivity index (χ0n) is 14.9. The number of benzene rings is 1. The van der Waals surface area contributed by atoms with Gasteiger partial charge in [0.25, 0.3) is 0 Å². The van der Waals surface area contributed by atoms with Gasteiger partial charge in [-0.25, -0.2) is 9.97 Å². The van der Waals surface area contributed by atoms with Crippen molar-refractivity contribution in [1.29, 1.82) is 0 Å². The molecule has 130 valence electrons. The maximum atomic E-state index is 4.55. The predicted octanol–water partition coefficient (Wildman–Crippen LogP) is 5.16. The molecule has 2 heterocycles. The number of hydrogen-bond donors (Lipinski definition) is 1. The summed E-state index contributed by atoms with van der Waals surface area (Å²) in [5, 5.41) is 4.75. The summed E-state index contributed by atoms with van der Waals surface area (Å²) in [5.74, 6) is 0.944. The summed E-state index contributed by atoms with van der Waals surface area (Å²) >= 11 is 1.84. The highest BCUT2D eigenvalue weighted by atomic mass is 32.1. The first-order chi connectivity index (χ1) is 12.3. The van der Waals surface area contributed by atoms with Crippen LogP contribution in [0, 0.1) is 0 Å². The monoisotopic (exact) mass is 352 g/mol. The van der Waals surface area contributed by atoms with Crippen molar-refractivity contribution in [3.63, 3.8) is 0 Å². The van der Waals surface area contributed by atoms with Crippen LogP contribution in [0.5, 0.6) is 0 Å². The van der Waals surface area contributed by atoms with E-state index in [0.29, 0.717) is 0 Å². The van der Waals surface area contributed by atoms with E-state index in [1.807, 2.05) is 11.3 Å². The molecule has 0 fully saturated rings. The molecule has 0 aliphatic heterocycles. The third-order valence-corrected chi connectivity index (χ3v) is 6.21. The van der Waals surface area contributed by atoms with Crippen LogP contribution in [0.4, 0.5) is 17.2 Å². The zero-order valence-corrected chi connectivity index (χ0v) is 15.7. The van der Waals surface area contributed by atoms with Crippen LogP contribution < -0.4 is 10.2 Å². The van der Waals surface area contributed by atoms with Crippen molar-refractivity contribution in [3.05, 3.63) is 41.0 Å². The lowest BCUT2D eigenvalue weighted by molar-refractivity contribution is 0.700. The van der Waals surface area contributed by atoms with Crippen LogP contribution in [0.15, 0.2) is 30.6 Å². The fourth-order valence-corrected chi connectivity index (χ4v) is 4.89. The number of fused-ring (bicyclic) bond motifs is 3. The van der Waals surface area contributed by atoms with E-state index < -0.39 is 0 Å². The molecule has 0 radical (unpaired) electrons. The molecule has 0 amide bonds. The summed E-state index contributed by atoms with van der Waals surface area (Å²) < 4.78 is 0. The van der Waals surface area contributed by atoms with Crippen molar-refractivity contribution in [3.8, 4) is 0 Å². The van der Waals surface area contributed by atoms with Crippen molar-refractivity contribution < 1.29 is 0 Å². The Morgan fingerprint density at radius 3 is 2.56 bits per heavy atom. The van der Waals surface area contributed by atoms with Gasteiger partial charge in [0, 0.05) is 29.3 Å². The lowest BCUT2D eigenvalue weighted by atomic mass is 9.97. The number of aromatic nitrogens is 2. The minimum Gasteiger partial charge on any atom is -0.372 e. The van der Waals surface area contributed by atoms with Crippen molar-refractivity contribution in [2.24, 2.45) is 0 Å². The van der Waals surface area contributed by atoms with E-state index in [9.17, 15) is 0 Å². The van der Waals surface area contributed by atoms with E-state index in [4.69, 9.17) is 0 Å². The molecule has 0 saturated carbocycles. The van der Waals surface area contributed by atoms with E-state index >= 15 is 0 Å². The molecule has 0 saturated heterocycles. The summed E-state index contributed by atoms with van der Waals surface area (Å²) in [6.07, 6.45) is 6.58. The molecule has 0 bridgehead atoms. The normalized spacial score (nSPS) is 13.7. The fourth-order valence-electron chi connectivity index (χ4n) is 3.67. The first-order valence-electron chi connectivity index (χ1n) is 9.17. The van der Waals surface area contributed by atoms with Crippen LogP contribution in [0.1, 0.15) is 37.1 Å². The lowest BCUT2D eigenvalue weighted by Gasteiger charge is -2.21. The first-order valence-corrected chi connectivity index (χ1v) is 9.99. The summed E-state index contributed by atoms with van der Waals surface area (Å²) in [7, 11) is 0. The van der Waals surface area contributed by atoms with Gasteiger partial charge in [-0.3, -0.25) is 0 Å². The minimum absolute atomic E-state index is 0.944. The molecule has 1 N–H and O–H groups in total. The first kappa shape index (κ1) is 16.3. The summed E-state index contributed by atoms with van der Waals surface area (Å²) in [5.41, 5.74) is 3.80. The zero-order chi connectivity index (χ0) is 17.2. The van der Waals surface area contributed by atoms with E-state index in [1.54, 1.807) is 6.33 Å². The Labute approximate surface area is 152 Å². The van der Waals surface area contributed by atoms with Gasteiger partial charge >= 0.3 is 0 Å². The molecule has 1 aliphatic rings. The number of nitrogens with zero attached hydrogens (tertiary/aromatic N) is 3. The Morgan fingerprint density at radius 2 is 1.80 bits per heavy atom. The van der Waals surface area contributed by atoms with Crippen LogP contribution in [0.25, 0.3) is 10.2 Å². The molecule has 3 aromatic rings. The molecular weight excluding hydrogens is 328 g/mol.